The summed E-state index contributed by atoms with van der Waals surface area (Å²) in [5, 5.41) is 10.8. The maximum atomic E-state index is 11.9. The number of unbranched alkanes of at least 4 members (excludes halogenated alkanes) is 1. The molecule has 3 N–H and O–H groups in total. The average Bonchev–Trinajstić information content (AvgIpc) is 3.06. The molecule has 0 aliphatic heterocycles. The molecule has 0 fully saturated rings. The Balaban J connectivity index is 2.10. The van der Waals surface area contributed by atoms with Crippen molar-refractivity contribution >= 4 is 11.7 Å². The van der Waals surface area contributed by atoms with Crippen LogP contribution in [-0.2, 0) is 22.6 Å². The van der Waals surface area contributed by atoms with Crippen LogP contribution >= 0.6 is 0 Å². The number of carbonyl (C=O) groups excluding carboxylic acids is 2. The molecule has 136 valence electrons. The largest absolute Gasteiger partial charge is 0.356 e. The van der Waals surface area contributed by atoms with Crippen molar-refractivity contribution in [3.63, 3.8) is 0 Å². The number of nitrogens with one attached hydrogen (secondary N) is 1. The maximum Gasteiger partial charge on any atom is 0.220 e. The van der Waals surface area contributed by atoms with E-state index in [1.807, 2.05) is 27.0 Å². The zero-order valence-corrected chi connectivity index (χ0v) is 15.1. The minimum Gasteiger partial charge on any atom is -0.356 e. The van der Waals surface area contributed by atoms with Gasteiger partial charge in [-0.05, 0) is 32.6 Å². The number of carbonyl (C=O) groups is 2. The van der Waals surface area contributed by atoms with Gasteiger partial charge in [-0.1, -0.05) is 19.1 Å². The fourth-order valence-electron chi connectivity index (χ4n) is 2.36. The van der Waals surface area contributed by atoms with E-state index in [9.17, 15) is 9.59 Å². The van der Waals surface area contributed by atoms with Gasteiger partial charge in [-0.15, -0.1) is 5.10 Å². The quantitative estimate of drug-likeness (QED) is 0.562. The molecule has 1 heterocycles. The van der Waals surface area contributed by atoms with Gasteiger partial charge in [-0.3, -0.25) is 14.3 Å². The van der Waals surface area contributed by atoms with E-state index in [0.717, 1.165) is 31.5 Å². The summed E-state index contributed by atoms with van der Waals surface area (Å²) in [5.41, 5.74) is 6.74. The van der Waals surface area contributed by atoms with Crippen LogP contribution in [0.25, 0.3) is 0 Å². The van der Waals surface area contributed by atoms with Gasteiger partial charge in [0.2, 0.25) is 5.91 Å². The highest BCUT2D eigenvalue weighted by Gasteiger charge is 2.18. The second kappa shape index (κ2) is 10.9. The predicted octanol–water partition coefficient (Wildman–Crippen LogP) is 1.46. The first-order chi connectivity index (χ1) is 11.5. The van der Waals surface area contributed by atoms with Crippen LogP contribution in [0, 0.1) is 5.92 Å². The number of aryl methyl sites for hydroxylation is 2. The van der Waals surface area contributed by atoms with Crippen molar-refractivity contribution in [2.24, 2.45) is 11.7 Å². The Morgan fingerprint density at radius 1 is 1.33 bits per heavy atom. The van der Waals surface area contributed by atoms with Crippen molar-refractivity contribution in [2.45, 2.75) is 71.9 Å². The molecule has 0 saturated heterocycles. The van der Waals surface area contributed by atoms with Gasteiger partial charge in [0.25, 0.3) is 0 Å². The summed E-state index contributed by atoms with van der Waals surface area (Å²) >= 11 is 0. The topological polar surface area (TPSA) is 103 Å². The lowest BCUT2D eigenvalue weighted by molar-refractivity contribution is -0.124. The maximum absolute atomic E-state index is 11.9. The standard InChI is InChI=1S/C17H31N5O2/c1-4-13(3)17(24)15(18)8-6-7-11-19-16(23)10-9-14-12-22(5-2)21-20-14/h12-13,15H,4-11,18H2,1-3H3,(H,19,23). The van der Waals surface area contributed by atoms with Gasteiger partial charge in [0.15, 0.2) is 5.78 Å². The molecule has 1 aromatic rings. The summed E-state index contributed by atoms with van der Waals surface area (Å²) in [6.45, 7) is 7.30. The van der Waals surface area contributed by atoms with Gasteiger partial charge in [0, 0.05) is 38.0 Å². The summed E-state index contributed by atoms with van der Waals surface area (Å²) in [5.74, 6) is 0.188. The van der Waals surface area contributed by atoms with Crippen molar-refractivity contribution < 1.29 is 9.59 Å². The molecular formula is C17H31N5O2. The molecular weight excluding hydrogens is 306 g/mol. The molecule has 0 aliphatic rings. The molecule has 2 unspecified atom stereocenters. The van der Waals surface area contributed by atoms with Crippen molar-refractivity contribution in [2.75, 3.05) is 6.54 Å². The van der Waals surface area contributed by atoms with E-state index in [1.165, 1.54) is 0 Å². The lowest BCUT2D eigenvalue weighted by Crippen LogP contribution is -2.34. The Bertz CT molecular complexity index is 515. The monoisotopic (exact) mass is 337 g/mol. The minimum absolute atomic E-state index is 0.0148. The molecule has 7 nitrogen and oxygen atoms in total. The van der Waals surface area contributed by atoms with E-state index in [2.05, 4.69) is 15.6 Å². The predicted molar refractivity (Wildman–Crippen MR) is 93.3 cm³/mol. The smallest absolute Gasteiger partial charge is 0.220 e. The minimum atomic E-state index is -0.378. The van der Waals surface area contributed by atoms with Crippen molar-refractivity contribution in [3.05, 3.63) is 11.9 Å². The summed E-state index contributed by atoms with van der Waals surface area (Å²) in [6, 6.07) is -0.378. The molecule has 0 aliphatic carbocycles. The number of aromatic nitrogens is 3. The van der Waals surface area contributed by atoms with Crippen molar-refractivity contribution in [1.82, 2.24) is 20.3 Å². The lowest BCUT2D eigenvalue weighted by Gasteiger charge is -2.14. The van der Waals surface area contributed by atoms with E-state index >= 15 is 0 Å². The van der Waals surface area contributed by atoms with Gasteiger partial charge in [-0.25, -0.2) is 0 Å². The van der Waals surface area contributed by atoms with Crippen molar-refractivity contribution in [1.29, 1.82) is 0 Å². The SMILES string of the molecule is CCC(C)C(=O)C(N)CCCCNC(=O)CCc1cn(CC)nn1. The van der Waals surface area contributed by atoms with E-state index < -0.39 is 0 Å². The second-order valence-corrected chi connectivity index (χ2v) is 6.23. The Labute approximate surface area is 144 Å². The molecule has 0 bridgehead atoms. The highest BCUT2D eigenvalue weighted by atomic mass is 16.1. The summed E-state index contributed by atoms with van der Waals surface area (Å²) in [4.78, 5) is 23.7. The Kier molecular flexibility index (Phi) is 9.22. The van der Waals surface area contributed by atoms with Gasteiger partial charge >= 0.3 is 0 Å². The summed E-state index contributed by atoms with van der Waals surface area (Å²) in [7, 11) is 0. The van der Waals surface area contributed by atoms with Crippen LogP contribution in [0.1, 0.15) is 58.6 Å². The summed E-state index contributed by atoms with van der Waals surface area (Å²) < 4.78 is 1.75. The highest BCUT2D eigenvalue weighted by Crippen LogP contribution is 2.09. The van der Waals surface area contributed by atoms with Gasteiger partial charge in [0.05, 0.1) is 11.7 Å². The van der Waals surface area contributed by atoms with Crippen LogP contribution in [-0.4, -0.2) is 39.3 Å². The first-order valence-electron chi connectivity index (χ1n) is 8.92. The Morgan fingerprint density at radius 3 is 2.71 bits per heavy atom. The molecule has 1 amide bonds. The number of nitrogens with zero attached hydrogens (tertiary/aromatic N) is 3. The normalized spacial score (nSPS) is 13.5. The van der Waals surface area contributed by atoms with Crippen LogP contribution in [0.15, 0.2) is 6.20 Å². The number of rotatable bonds is 12. The molecule has 0 spiro atoms. The number of ketones is 1. The number of nitrogens with two attached hydrogens (primary N) is 1. The van der Waals surface area contributed by atoms with Gasteiger partial charge in [0.1, 0.15) is 0 Å². The molecule has 1 aromatic heterocycles. The zero-order valence-electron chi connectivity index (χ0n) is 15.1. The first kappa shape index (κ1) is 20.3. The third kappa shape index (κ3) is 7.21. The van der Waals surface area contributed by atoms with E-state index in [-0.39, 0.29) is 23.7 Å². The summed E-state index contributed by atoms with van der Waals surface area (Å²) in [6.07, 6.45) is 6.05. The van der Waals surface area contributed by atoms with Crippen LogP contribution < -0.4 is 11.1 Å². The van der Waals surface area contributed by atoms with E-state index in [1.54, 1.807) is 4.68 Å². The Hall–Kier alpha value is -1.76. The van der Waals surface area contributed by atoms with E-state index in [0.29, 0.717) is 25.8 Å². The molecule has 0 saturated carbocycles. The molecule has 1 rings (SSSR count). The molecule has 2 atom stereocenters. The molecule has 0 radical (unpaired) electrons. The number of Topliss-reactive ketones (excluding diaryl/α,β-unsaturated/α-hetero) is 1. The van der Waals surface area contributed by atoms with Crippen molar-refractivity contribution in [3.8, 4) is 0 Å². The molecule has 7 heteroatoms. The second-order valence-electron chi connectivity index (χ2n) is 6.23. The average molecular weight is 337 g/mol. The van der Waals surface area contributed by atoms with Crippen LogP contribution in [0.3, 0.4) is 0 Å². The Morgan fingerprint density at radius 2 is 2.08 bits per heavy atom. The number of amides is 1. The third-order valence-corrected chi connectivity index (χ3v) is 4.25. The van der Waals surface area contributed by atoms with Gasteiger partial charge in [-0.2, -0.15) is 0 Å². The molecule has 24 heavy (non-hydrogen) atoms. The van der Waals surface area contributed by atoms with Crippen LogP contribution in [0.4, 0.5) is 0 Å². The van der Waals surface area contributed by atoms with Crippen LogP contribution in [0.2, 0.25) is 0 Å². The fourth-order valence-corrected chi connectivity index (χ4v) is 2.36. The van der Waals surface area contributed by atoms with Gasteiger partial charge < -0.3 is 11.1 Å². The number of hydrogen-bond donors (Lipinski definition) is 2. The highest BCUT2D eigenvalue weighted by molar-refractivity contribution is 5.85. The third-order valence-electron chi connectivity index (χ3n) is 4.25. The lowest BCUT2D eigenvalue weighted by atomic mass is 9.95. The van der Waals surface area contributed by atoms with Crippen LogP contribution in [0.5, 0.6) is 0 Å². The van der Waals surface area contributed by atoms with E-state index in [4.69, 9.17) is 5.73 Å². The first-order valence-corrected chi connectivity index (χ1v) is 8.92. The zero-order chi connectivity index (χ0) is 17.9. The molecule has 0 aromatic carbocycles. The number of hydrogen-bond acceptors (Lipinski definition) is 5. The fraction of sp³-hybridized carbons (Fsp3) is 0.765.